The first-order valence-electron chi connectivity index (χ1n) is 7.13. The van der Waals surface area contributed by atoms with E-state index < -0.39 is 0 Å². The van der Waals surface area contributed by atoms with Crippen LogP contribution in [0.3, 0.4) is 0 Å². The van der Waals surface area contributed by atoms with Crippen molar-refractivity contribution in [3.8, 4) is 0 Å². The number of hydrogen-bond acceptors (Lipinski definition) is 2. The monoisotopic (exact) mass is 246 g/mol. The van der Waals surface area contributed by atoms with Crippen molar-refractivity contribution in [1.82, 2.24) is 10.2 Å². The molecule has 0 bridgehead atoms. The van der Waals surface area contributed by atoms with Gasteiger partial charge >= 0.3 is 0 Å². The third kappa shape index (κ3) is 3.82. The predicted octanol–water partition coefficient (Wildman–Crippen LogP) is 2.88. The van der Waals surface area contributed by atoms with Crippen LogP contribution in [0.25, 0.3) is 0 Å². The standard InChI is InChI=1S/C16H26N2/c1-13-9-14(2)11-15(10-13)12-18(3)16-5-4-7-17-8-6-16/h9-11,16-17H,4-8,12H2,1-3H3. The van der Waals surface area contributed by atoms with Crippen LogP contribution < -0.4 is 5.32 Å². The topological polar surface area (TPSA) is 15.3 Å². The van der Waals surface area contributed by atoms with Crippen molar-refractivity contribution < 1.29 is 0 Å². The Hall–Kier alpha value is -0.860. The Balaban J connectivity index is 1.98. The molecule has 1 aromatic carbocycles. The Morgan fingerprint density at radius 2 is 1.83 bits per heavy atom. The minimum absolute atomic E-state index is 0.737. The van der Waals surface area contributed by atoms with E-state index in [0.717, 1.165) is 12.6 Å². The summed E-state index contributed by atoms with van der Waals surface area (Å²) in [6.45, 7) is 7.81. The van der Waals surface area contributed by atoms with Crippen LogP contribution in [0.2, 0.25) is 0 Å². The Morgan fingerprint density at radius 3 is 2.56 bits per heavy atom. The molecule has 1 saturated heterocycles. The van der Waals surface area contributed by atoms with Crippen LogP contribution in [0.5, 0.6) is 0 Å². The summed E-state index contributed by atoms with van der Waals surface area (Å²) in [5.74, 6) is 0. The molecular weight excluding hydrogens is 220 g/mol. The zero-order valence-electron chi connectivity index (χ0n) is 12.0. The molecule has 1 fully saturated rings. The van der Waals surface area contributed by atoms with Crippen molar-refractivity contribution in [2.45, 2.75) is 45.7 Å². The molecule has 0 aromatic heterocycles. The summed E-state index contributed by atoms with van der Waals surface area (Å²) in [5, 5.41) is 3.49. The van der Waals surface area contributed by atoms with E-state index >= 15 is 0 Å². The van der Waals surface area contributed by atoms with E-state index in [1.807, 2.05) is 0 Å². The van der Waals surface area contributed by atoms with Crippen LogP contribution in [0.4, 0.5) is 0 Å². The second-order valence-corrected chi connectivity index (χ2v) is 5.75. The normalized spacial score (nSPS) is 21.0. The summed E-state index contributed by atoms with van der Waals surface area (Å²) in [7, 11) is 2.27. The Labute approximate surface area is 111 Å². The quantitative estimate of drug-likeness (QED) is 0.882. The lowest BCUT2D eigenvalue weighted by molar-refractivity contribution is 0.216. The molecule has 0 radical (unpaired) electrons. The molecule has 0 amide bonds. The number of nitrogens with one attached hydrogen (secondary N) is 1. The maximum atomic E-state index is 3.49. The van der Waals surface area contributed by atoms with Crippen molar-refractivity contribution in [3.63, 3.8) is 0 Å². The van der Waals surface area contributed by atoms with Crippen LogP contribution >= 0.6 is 0 Å². The zero-order chi connectivity index (χ0) is 13.0. The summed E-state index contributed by atoms with van der Waals surface area (Å²) in [4.78, 5) is 2.53. The number of benzene rings is 1. The molecule has 100 valence electrons. The smallest absolute Gasteiger partial charge is 0.0233 e. The van der Waals surface area contributed by atoms with Gasteiger partial charge in [0.2, 0.25) is 0 Å². The van der Waals surface area contributed by atoms with Gasteiger partial charge in [-0.1, -0.05) is 29.3 Å². The lowest BCUT2D eigenvalue weighted by atomic mass is 10.0. The van der Waals surface area contributed by atoms with Gasteiger partial charge < -0.3 is 5.32 Å². The van der Waals surface area contributed by atoms with Gasteiger partial charge in [-0.25, -0.2) is 0 Å². The zero-order valence-corrected chi connectivity index (χ0v) is 12.0. The van der Waals surface area contributed by atoms with Crippen LogP contribution in [-0.4, -0.2) is 31.1 Å². The van der Waals surface area contributed by atoms with Gasteiger partial charge in [0.15, 0.2) is 0 Å². The van der Waals surface area contributed by atoms with Gasteiger partial charge in [-0.2, -0.15) is 0 Å². The fraction of sp³-hybridized carbons (Fsp3) is 0.625. The van der Waals surface area contributed by atoms with E-state index in [-0.39, 0.29) is 0 Å². The van der Waals surface area contributed by atoms with Crippen LogP contribution in [0.1, 0.15) is 36.0 Å². The molecule has 1 aromatic rings. The molecule has 1 unspecified atom stereocenters. The largest absolute Gasteiger partial charge is 0.317 e. The highest BCUT2D eigenvalue weighted by Gasteiger charge is 2.16. The summed E-state index contributed by atoms with van der Waals surface area (Å²) >= 11 is 0. The molecule has 1 atom stereocenters. The van der Waals surface area contributed by atoms with Crippen molar-refractivity contribution in [3.05, 3.63) is 34.9 Å². The van der Waals surface area contributed by atoms with E-state index in [0.29, 0.717) is 0 Å². The molecule has 2 nitrogen and oxygen atoms in total. The highest BCUT2D eigenvalue weighted by Crippen LogP contribution is 2.16. The number of rotatable bonds is 3. The maximum absolute atomic E-state index is 3.49. The number of aryl methyl sites for hydroxylation is 2. The van der Waals surface area contributed by atoms with Gasteiger partial charge in [0.05, 0.1) is 0 Å². The molecule has 0 saturated carbocycles. The Bertz CT molecular complexity index is 358. The number of nitrogens with zero attached hydrogens (tertiary/aromatic N) is 1. The van der Waals surface area contributed by atoms with E-state index in [1.54, 1.807) is 0 Å². The predicted molar refractivity (Wildman–Crippen MR) is 77.9 cm³/mol. The molecule has 1 aliphatic rings. The van der Waals surface area contributed by atoms with Crippen LogP contribution in [-0.2, 0) is 6.54 Å². The summed E-state index contributed by atoms with van der Waals surface area (Å²) < 4.78 is 0. The van der Waals surface area contributed by atoms with Crippen LogP contribution in [0.15, 0.2) is 18.2 Å². The fourth-order valence-electron chi connectivity index (χ4n) is 3.02. The van der Waals surface area contributed by atoms with Gasteiger partial charge in [-0.3, -0.25) is 4.90 Å². The third-order valence-corrected chi connectivity index (χ3v) is 3.88. The third-order valence-electron chi connectivity index (χ3n) is 3.88. The van der Waals surface area contributed by atoms with E-state index in [2.05, 4.69) is 49.3 Å². The Kier molecular flexibility index (Phi) is 4.79. The molecule has 1 N–H and O–H groups in total. The first-order chi connectivity index (χ1) is 8.65. The molecule has 0 aliphatic carbocycles. The van der Waals surface area contributed by atoms with Gasteiger partial charge in [0.1, 0.15) is 0 Å². The summed E-state index contributed by atoms with van der Waals surface area (Å²) in [5.41, 5.74) is 4.20. The molecule has 1 heterocycles. The summed E-state index contributed by atoms with van der Waals surface area (Å²) in [6.07, 6.45) is 3.91. The highest BCUT2D eigenvalue weighted by atomic mass is 15.1. The molecule has 2 rings (SSSR count). The molecule has 18 heavy (non-hydrogen) atoms. The van der Waals surface area contributed by atoms with Crippen molar-refractivity contribution >= 4 is 0 Å². The SMILES string of the molecule is Cc1cc(C)cc(CN(C)C2CCCNCC2)c1. The minimum Gasteiger partial charge on any atom is -0.317 e. The van der Waals surface area contributed by atoms with E-state index in [1.165, 1.54) is 49.0 Å². The van der Waals surface area contributed by atoms with Gasteiger partial charge in [-0.15, -0.1) is 0 Å². The molecular formula is C16H26N2. The summed E-state index contributed by atoms with van der Waals surface area (Å²) in [6, 6.07) is 7.62. The van der Waals surface area contributed by atoms with Gasteiger partial charge in [0.25, 0.3) is 0 Å². The van der Waals surface area contributed by atoms with Crippen LogP contribution in [0, 0.1) is 13.8 Å². The minimum atomic E-state index is 0.737. The lowest BCUT2D eigenvalue weighted by Gasteiger charge is -2.27. The first-order valence-corrected chi connectivity index (χ1v) is 7.13. The Morgan fingerprint density at radius 1 is 1.11 bits per heavy atom. The second-order valence-electron chi connectivity index (χ2n) is 5.75. The average Bonchev–Trinajstić information content (AvgIpc) is 2.55. The van der Waals surface area contributed by atoms with E-state index in [9.17, 15) is 0 Å². The van der Waals surface area contributed by atoms with Crippen molar-refractivity contribution in [2.75, 3.05) is 20.1 Å². The van der Waals surface area contributed by atoms with Gasteiger partial charge in [-0.05, 0) is 58.8 Å². The highest BCUT2D eigenvalue weighted by molar-refractivity contribution is 5.28. The van der Waals surface area contributed by atoms with Crippen molar-refractivity contribution in [2.24, 2.45) is 0 Å². The molecule has 0 spiro atoms. The maximum Gasteiger partial charge on any atom is 0.0233 e. The molecule has 1 aliphatic heterocycles. The van der Waals surface area contributed by atoms with Crippen molar-refractivity contribution in [1.29, 1.82) is 0 Å². The average molecular weight is 246 g/mol. The lowest BCUT2D eigenvalue weighted by Crippen LogP contribution is -2.32. The van der Waals surface area contributed by atoms with Gasteiger partial charge in [0, 0.05) is 12.6 Å². The first kappa shape index (κ1) is 13.6. The second kappa shape index (κ2) is 6.35. The number of hydrogen-bond donors (Lipinski definition) is 1. The van der Waals surface area contributed by atoms with E-state index in [4.69, 9.17) is 0 Å². The molecule has 2 heteroatoms. The fourth-order valence-corrected chi connectivity index (χ4v) is 3.02.